The zero-order chi connectivity index (χ0) is 12.0. The minimum atomic E-state index is -0.0676. The zero-order valence-electron chi connectivity index (χ0n) is 9.34. The topological polar surface area (TPSA) is 50.4 Å². The van der Waals surface area contributed by atoms with E-state index in [9.17, 15) is 4.79 Å². The number of methoxy groups -OCH3 is 1. The van der Waals surface area contributed by atoms with E-state index in [1.54, 1.807) is 13.2 Å². The van der Waals surface area contributed by atoms with Gasteiger partial charge in [-0.15, -0.1) is 0 Å². The molecule has 0 aliphatic rings. The first-order valence-corrected chi connectivity index (χ1v) is 5.80. The Kier molecular flexibility index (Phi) is 5.28. The van der Waals surface area contributed by atoms with E-state index in [4.69, 9.17) is 4.74 Å². The van der Waals surface area contributed by atoms with E-state index >= 15 is 0 Å². The molecular formula is C11H15BrN2O2. The average Bonchev–Trinajstić information content (AvgIpc) is 2.25. The van der Waals surface area contributed by atoms with Crippen molar-refractivity contribution in [1.82, 2.24) is 5.32 Å². The van der Waals surface area contributed by atoms with Crippen LogP contribution >= 0.6 is 15.9 Å². The molecule has 0 unspecified atom stereocenters. The number of carbonyl (C=O) groups is 1. The summed E-state index contributed by atoms with van der Waals surface area (Å²) >= 11 is 3.35. The molecule has 1 amide bonds. The van der Waals surface area contributed by atoms with Gasteiger partial charge in [-0.1, -0.05) is 22.9 Å². The molecular weight excluding hydrogens is 272 g/mol. The second-order valence-electron chi connectivity index (χ2n) is 3.21. The maximum atomic E-state index is 11.5. The highest BCUT2D eigenvalue weighted by Gasteiger charge is 2.03. The Labute approximate surface area is 103 Å². The summed E-state index contributed by atoms with van der Waals surface area (Å²) in [5, 5.41) is 5.74. The summed E-state index contributed by atoms with van der Waals surface area (Å²) in [5.74, 6) is 0.634. The molecule has 16 heavy (non-hydrogen) atoms. The number of rotatable bonds is 5. The highest BCUT2D eigenvalue weighted by molar-refractivity contribution is 9.10. The van der Waals surface area contributed by atoms with Gasteiger partial charge in [0.1, 0.15) is 5.75 Å². The van der Waals surface area contributed by atoms with Gasteiger partial charge in [-0.2, -0.15) is 0 Å². The molecule has 4 nitrogen and oxygen atoms in total. The lowest BCUT2D eigenvalue weighted by atomic mass is 10.3. The maximum absolute atomic E-state index is 11.5. The summed E-state index contributed by atoms with van der Waals surface area (Å²) in [6, 6.07) is 5.43. The van der Waals surface area contributed by atoms with Crippen molar-refractivity contribution in [2.45, 2.75) is 6.92 Å². The monoisotopic (exact) mass is 286 g/mol. The van der Waals surface area contributed by atoms with Crippen molar-refractivity contribution in [1.29, 1.82) is 0 Å². The van der Waals surface area contributed by atoms with E-state index in [1.807, 2.05) is 19.1 Å². The number of ether oxygens (including phenoxy) is 1. The van der Waals surface area contributed by atoms with Crippen molar-refractivity contribution in [3.05, 3.63) is 22.7 Å². The molecule has 1 rings (SSSR count). The molecule has 0 radical (unpaired) electrons. The quantitative estimate of drug-likeness (QED) is 0.871. The summed E-state index contributed by atoms with van der Waals surface area (Å²) in [4.78, 5) is 11.5. The molecule has 0 saturated carbocycles. The lowest BCUT2D eigenvalue weighted by molar-refractivity contribution is -0.115. The van der Waals surface area contributed by atoms with E-state index in [-0.39, 0.29) is 5.91 Å². The second-order valence-corrected chi connectivity index (χ2v) is 4.12. The molecule has 0 heterocycles. The highest BCUT2D eigenvalue weighted by Crippen LogP contribution is 2.24. The van der Waals surface area contributed by atoms with E-state index in [2.05, 4.69) is 26.6 Å². The molecule has 0 atom stereocenters. The molecule has 88 valence electrons. The Morgan fingerprint density at radius 2 is 2.19 bits per heavy atom. The van der Waals surface area contributed by atoms with Crippen LogP contribution in [0.1, 0.15) is 6.92 Å². The Morgan fingerprint density at radius 3 is 2.81 bits per heavy atom. The highest BCUT2D eigenvalue weighted by atomic mass is 79.9. The molecule has 5 heteroatoms. The Balaban J connectivity index is 2.65. The van der Waals surface area contributed by atoms with Crippen molar-refractivity contribution in [3.63, 3.8) is 0 Å². The standard InChI is InChI=1S/C11H15BrN2O2/c1-3-13-7-11(15)14-9-4-8(12)5-10(6-9)16-2/h4-6,13H,3,7H2,1-2H3,(H,14,15). The number of hydrogen-bond acceptors (Lipinski definition) is 3. The molecule has 1 aromatic rings. The van der Waals surface area contributed by atoms with E-state index in [0.29, 0.717) is 18.0 Å². The first kappa shape index (κ1) is 13.0. The molecule has 0 spiro atoms. The molecule has 0 aliphatic heterocycles. The van der Waals surface area contributed by atoms with Crippen LogP contribution in [0.2, 0.25) is 0 Å². The fourth-order valence-corrected chi connectivity index (χ4v) is 1.67. The smallest absolute Gasteiger partial charge is 0.238 e. The minimum absolute atomic E-state index is 0.0676. The van der Waals surface area contributed by atoms with Crippen molar-refractivity contribution in [2.75, 3.05) is 25.5 Å². The molecule has 2 N–H and O–H groups in total. The van der Waals surface area contributed by atoms with Crippen LogP contribution in [0.4, 0.5) is 5.69 Å². The van der Waals surface area contributed by atoms with Gasteiger partial charge in [0, 0.05) is 16.2 Å². The number of nitrogens with one attached hydrogen (secondary N) is 2. The molecule has 0 fully saturated rings. The fourth-order valence-electron chi connectivity index (χ4n) is 1.20. The van der Waals surface area contributed by atoms with Crippen LogP contribution in [0.15, 0.2) is 22.7 Å². The summed E-state index contributed by atoms with van der Waals surface area (Å²) in [6.45, 7) is 3.04. The van der Waals surface area contributed by atoms with Crippen LogP contribution in [-0.2, 0) is 4.79 Å². The van der Waals surface area contributed by atoms with Crippen molar-refractivity contribution in [3.8, 4) is 5.75 Å². The van der Waals surface area contributed by atoms with E-state index in [0.717, 1.165) is 11.0 Å². The fraction of sp³-hybridized carbons (Fsp3) is 0.364. The number of hydrogen-bond donors (Lipinski definition) is 2. The molecule has 0 aliphatic carbocycles. The number of carbonyl (C=O) groups excluding carboxylic acids is 1. The summed E-state index contributed by atoms with van der Waals surface area (Å²) in [5.41, 5.74) is 0.717. The SMILES string of the molecule is CCNCC(=O)Nc1cc(Br)cc(OC)c1. The summed E-state index contributed by atoms with van der Waals surface area (Å²) < 4.78 is 5.97. The van der Waals surface area contributed by atoms with Crippen molar-refractivity contribution >= 4 is 27.5 Å². The van der Waals surface area contributed by atoms with Crippen LogP contribution in [0.5, 0.6) is 5.75 Å². The van der Waals surface area contributed by atoms with Gasteiger partial charge in [-0.05, 0) is 18.7 Å². The van der Waals surface area contributed by atoms with Crippen molar-refractivity contribution in [2.24, 2.45) is 0 Å². The van der Waals surface area contributed by atoms with Crippen LogP contribution in [0, 0.1) is 0 Å². The van der Waals surface area contributed by atoms with Crippen LogP contribution in [-0.4, -0.2) is 26.1 Å². The third kappa shape index (κ3) is 4.20. The van der Waals surface area contributed by atoms with Crippen LogP contribution in [0.25, 0.3) is 0 Å². The molecule has 0 aromatic heterocycles. The number of anilines is 1. The molecule has 0 bridgehead atoms. The summed E-state index contributed by atoms with van der Waals surface area (Å²) in [7, 11) is 1.59. The normalized spacial score (nSPS) is 9.94. The number of likely N-dealkylation sites (N-methyl/N-ethyl adjacent to an activating group) is 1. The zero-order valence-corrected chi connectivity index (χ0v) is 10.9. The average molecular weight is 287 g/mol. The molecule has 1 aromatic carbocycles. The largest absolute Gasteiger partial charge is 0.497 e. The number of amides is 1. The van der Waals surface area contributed by atoms with Gasteiger partial charge in [-0.3, -0.25) is 4.79 Å². The molecule has 0 saturated heterocycles. The Morgan fingerprint density at radius 1 is 1.44 bits per heavy atom. The lowest BCUT2D eigenvalue weighted by Crippen LogP contribution is -2.27. The van der Waals surface area contributed by atoms with Crippen molar-refractivity contribution < 1.29 is 9.53 Å². The first-order chi connectivity index (χ1) is 7.65. The van der Waals surface area contributed by atoms with Gasteiger partial charge in [-0.25, -0.2) is 0 Å². The third-order valence-corrected chi connectivity index (χ3v) is 2.38. The lowest BCUT2D eigenvalue weighted by Gasteiger charge is -2.08. The predicted molar refractivity (Wildman–Crippen MR) is 67.9 cm³/mol. The van der Waals surface area contributed by atoms with Gasteiger partial charge < -0.3 is 15.4 Å². The van der Waals surface area contributed by atoms with E-state index in [1.165, 1.54) is 0 Å². The minimum Gasteiger partial charge on any atom is -0.497 e. The van der Waals surface area contributed by atoms with Gasteiger partial charge in [0.25, 0.3) is 0 Å². The number of halogens is 1. The predicted octanol–water partition coefficient (Wildman–Crippen LogP) is 2.01. The van der Waals surface area contributed by atoms with Gasteiger partial charge in [0.15, 0.2) is 0 Å². The van der Waals surface area contributed by atoms with Crippen LogP contribution < -0.4 is 15.4 Å². The second kappa shape index (κ2) is 6.50. The Hall–Kier alpha value is -1.07. The first-order valence-electron chi connectivity index (χ1n) is 5.01. The van der Waals surface area contributed by atoms with Crippen LogP contribution in [0.3, 0.4) is 0 Å². The van der Waals surface area contributed by atoms with Gasteiger partial charge in [0.05, 0.1) is 13.7 Å². The maximum Gasteiger partial charge on any atom is 0.238 e. The number of benzene rings is 1. The summed E-state index contributed by atoms with van der Waals surface area (Å²) in [6.07, 6.45) is 0. The van der Waals surface area contributed by atoms with E-state index < -0.39 is 0 Å². The third-order valence-electron chi connectivity index (χ3n) is 1.93. The Bertz CT molecular complexity index is 369. The van der Waals surface area contributed by atoms with Gasteiger partial charge in [0.2, 0.25) is 5.91 Å². The van der Waals surface area contributed by atoms with Gasteiger partial charge >= 0.3 is 0 Å².